The first-order chi connectivity index (χ1) is 7.57. The predicted molar refractivity (Wildman–Crippen MR) is 66.9 cm³/mol. The van der Waals surface area contributed by atoms with E-state index >= 15 is 0 Å². The fourth-order valence-electron chi connectivity index (χ4n) is 1.61. The Morgan fingerprint density at radius 1 is 1.00 bits per heavy atom. The van der Waals surface area contributed by atoms with Crippen LogP contribution in [0.2, 0.25) is 0 Å². The van der Waals surface area contributed by atoms with Crippen molar-refractivity contribution in [3.05, 3.63) is 0 Å². The average Bonchev–Trinajstić information content (AvgIpc) is 2.20. The van der Waals surface area contributed by atoms with Crippen LogP contribution in [0.15, 0.2) is 0 Å². The molecule has 0 aromatic heterocycles. The van der Waals surface area contributed by atoms with E-state index in [1.54, 1.807) is 4.90 Å². The van der Waals surface area contributed by atoms with Crippen molar-refractivity contribution < 1.29 is 9.90 Å². The maximum atomic E-state index is 11.0. The van der Waals surface area contributed by atoms with Gasteiger partial charge in [0, 0.05) is 13.1 Å². The van der Waals surface area contributed by atoms with E-state index in [0.717, 1.165) is 25.8 Å². The molecule has 0 heterocycles. The van der Waals surface area contributed by atoms with Crippen LogP contribution < -0.4 is 0 Å². The first-order valence-electron chi connectivity index (χ1n) is 6.20. The molecule has 16 heavy (non-hydrogen) atoms. The number of hydrogen-bond acceptors (Lipinski definition) is 2. The van der Waals surface area contributed by atoms with Crippen LogP contribution in [0.25, 0.3) is 0 Å². The lowest BCUT2D eigenvalue weighted by atomic mass is 10.2. The molecule has 0 radical (unpaired) electrons. The smallest absolute Gasteiger partial charge is 0.407 e. The van der Waals surface area contributed by atoms with Crippen LogP contribution in [0.3, 0.4) is 0 Å². The van der Waals surface area contributed by atoms with Crippen molar-refractivity contribution in [3.63, 3.8) is 0 Å². The van der Waals surface area contributed by atoms with Crippen molar-refractivity contribution in [2.45, 2.75) is 39.0 Å². The van der Waals surface area contributed by atoms with Gasteiger partial charge in [-0.1, -0.05) is 26.2 Å². The van der Waals surface area contributed by atoms with Gasteiger partial charge in [0.15, 0.2) is 0 Å². The van der Waals surface area contributed by atoms with Crippen LogP contribution in [0, 0.1) is 0 Å². The summed E-state index contributed by atoms with van der Waals surface area (Å²) in [6.07, 6.45) is 4.64. The van der Waals surface area contributed by atoms with Gasteiger partial charge in [0.1, 0.15) is 0 Å². The molecule has 0 atom stereocenters. The first kappa shape index (κ1) is 15.2. The highest BCUT2D eigenvalue weighted by Crippen LogP contribution is 2.02. The Morgan fingerprint density at radius 3 is 2.12 bits per heavy atom. The Balaban J connectivity index is 3.67. The Bertz CT molecular complexity index is 184. The summed E-state index contributed by atoms with van der Waals surface area (Å²) in [5.74, 6) is 0. The van der Waals surface area contributed by atoms with Crippen LogP contribution in [-0.4, -0.2) is 54.7 Å². The third kappa shape index (κ3) is 8.53. The van der Waals surface area contributed by atoms with E-state index in [2.05, 4.69) is 11.8 Å². The highest BCUT2D eigenvalue weighted by atomic mass is 16.4. The van der Waals surface area contributed by atoms with Gasteiger partial charge in [-0.3, -0.25) is 0 Å². The van der Waals surface area contributed by atoms with E-state index in [1.165, 1.54) is 12.8 Å². The first-order valence-corrected chi connectivity index (χ1v) is 6.20. The van der Waals surface area contributed by atoms with Crippen molar-refractivity contribution in [1.82, 2.24) is 9.80 Å². The van der Waals surface area contributed by atoms with E-state index in [0.29, 0.717) is 13.1 Å². The van der Waals surface area contributed by atoms with Crippen molar-refractivity contribution >= 4 is 6.09 Å². The minimum absolute atomic E-state index is 0.652. The maximum Gasteiger partial charge on any atom is 0.407 e. The van der Waals surface area contributed by atoms with Crippen molar-refractivity contribution in [1.29, 1.82) is 0 Å². The van der Waals surface area contributed by atoms with Gasteiger partial charge in [0.2, 0.25) is 0 Å². The molecule has 0 aromatic rings. The lowest BCUT2D eigenvalue weighted by molar-refractivity contribution is 0.142. The minimum Gasteiger partial charge on any atom is -0.465 e. The molecule has 4 nitrogen and oxygen atoms in total. The quantitative estimate of drug-likeness (QED) is 0.619. The minimum atomic E-state index is -0.782. The Kier molecular flexibility index (Phi) is 9.00. The molecular formula is C12H26N2O2. The van der Waals surface area contributed by atoms with E-state index < -0.39 is 6.09 Å². The van der Waals surface area contributed by atoms with Gasteiger partial charge in [-0.25, -0.2) is 4.79 Å². The molecule has 1 amide bonds. The summed E-state index contributed by atoms with van der Waals surface area (Å²) < 4.78 is 0. The lowest BCUT2D eigenvalue weighted by Gasteiger charge is -2.20. The largest absolute Gasteiger partial charge is 0.465 e. The van der Waals surface area contributed by atoms with Gasteiger partial charge in [0.05, 0.1) is 0 Å². The molecule has 0 rings (SSSR count). The molecule has 0 aliphatic rings. The SMILES string of the molecule is CCCCCCN(CCCN(C)C)C(=O)O. The van der Waals surface area contributed by atoms with E-state index in [1.807, 2.05) is 14.1 Å². The van der Waals surface area contributed by atoms with Crippen molar-refractivity contribution in [2.24, 2.45) is 0 Å². The standard InChI is InChI=1S/C12H26N2O2/c1-4-5-6-7-10-14(12(15)16)11-8-9-13(2)3/h4-11H2,1-3H3,(H,15,16). The third-order valence-electron chi connectivity index (χ3n) is 2.59. The number of rotatable bonds is 9. The van der Waals surface area contributed by atoms with E-state index in [-0.39, 0.29) is 0 Å². The fourth-order valence-corrected chi connectivity index (χ4v) is 1.61. The van der Waals surface area contributed by atoms with Crippen LogP contribution in [-0.2, 0) is 0 Å². The lowest BCUT2D eigenvalue weighted by Crippen LogP contribution is -2.33. The molecule has 0 saturated heterocycles. The summed E-state index contributed by atoms with van der Waals surface area (Å²) in [7, 11) is 4.01. The topological polar surface area (TPSA) is 43.8 Å². The highest BCUT2D eigenvalue weighted by Gasteiger charge is 2.10. The summed E-state index contributed by atoms with van der Waals surface area (Å²) >= 11 is 0. The molecular weight excluding hydrogens is 204 g/mol. The van der Waals surface area contributed by atoms with Gasteiger partial charge >= 0.3 is 6.09 Å². The zero-order valence-electron chi connectivity index (χ0n) is 10.9. The zero-order chi connectivity index (χ0) is 12.4. The molecule has 0 spiro atoms. The van der Waals surface area contributed by atoms with Crippen molar-refractivity contribution in [3.8, 4) is 0 Å². The van der Waals surface area contributed by atoms with E-state index in [9.17, 15) is 4.79 Å². The van der Waals surface area contributed by atoms with Crippen LogP contribution in [0.5, 0.6) is 0 Å². The molecule has 0 unspecified atom stereocenters. The Labute approximate surface area is 99.2 Å². The van der Waals surface area contributed by atoms with Gasteiger partial charge in [-0.15, -0.1) is 0 Å². The number of unbranched alkanes of at least 4 members (excludes halogenated alkanes) is 3. The second-order valence-corrected chi connectivity index (χ2v) is 4.49. The number of amides is 1. The van der Waals surface area contributed by atoms with Crippen molar-refractivity contribution in [2.75, 3.05) is 33.7 Å². The maximum absolute atomic E-state index is 11.0. The number of carboxylic acid groups (broad SMARTS) is 1. The molecule has 0 fully saturated rings. The molecule has 0 aliphatic carbocycles. The predicted octanol–water partition coefficient (Wildman–Crippen LogP) is 2.50. The monoisotopic (exact) mass is 230 g/mol. The molecule has 96 valence electrons. The normalized spacial score (nSPS) is 10.8. The van der Waals surface area contributed by atoms with Gasteiger partial charge in [-0.2, -0.15) is 0 Å². The molecule has 0 aliphatic heterocycles. The average molecular weight is 230 g/mol. The summed E-state index contributed by atoms with van der Waals surface area (Å²) in [6, 6.07) is 0. The van der Waals surface area contributed by atoms with Gasteiger partial charge in [0.25, 0.3) is 0 Å². The van der Waals surface area contributed by atoms with Crippen LogP contribution in [0.4, 0.5) is 4.79 Å². The Hall–Kier alpha value is -0.770. The summed E-state index contributed by atoms with van der Waals surface area (Å²) in [5, 5.41) is 9.01. The molecule has 4 heteroatoms. The molecule has 0 aromatic carbocycles. The van der Waals surface area contributed by atoms with Gasteiger partial charge < -0.3 is 14.9 Å². The zero-order valence-corrected chi connectivity index (χ0v) is 10.9. The van der Waals surface area contributed by atoms with Crippen LogP contribution >= 0.6 is 0 Å². The molecule has 1 N–H and O–H groups in total. The second kappa shape index (κ2) is 9.46. The van der Waals surface area contributed by atoms with Gasteiger partial charge in [-0.05, 0) is 33.5 Å². The van der Waals surface area contributed by atoms with E-state index in [4.69, 9.17) is 5.11 Å². The summed E-state index contributed by atoms with van der Waals surface area (Å²) in [4.78, 5) is 14.6. The summed E-state index contributed by atoms with van der Waals surface area (Å²) in [5.41, 5.74) is 0. The third-order valence-corrected chi connectivity index (χ3v) is 2.59. The van der Waals surface area contributed by atoms with Crippen LogP contribution in [0.1, 0.15) is 39.0 Å². The molecule has 0 bridgehead atoms. The summed E-state index contributed by atoms with van der Waals surface area (Å²) in [6.45, 7) is 4.44. The highest BCUT2D eigenvalue weighted by molar-refractivity contribution is 5.64. The fraction of sp³-hybridized carbons (Fsp3) is 0.917. The number of carbonyl (C=O) groups is 1. The molecule has 0 saturated carbocycles. The second-order valence-electron chi connectivity index (χ2n) is 4.49. The number of hydrogen-bond donors (Lipinski definition) is 1. The number of nitrogens with zero attached hydrogens (tertiary/aromatic N) is 2. The Morgan fingerprint density at radius 2 is 1.62 bits per heavy atom.